The van der Waals surface area contributed by atoms with Crippen LogP contribution in [0.15, 0.2) is 39.5 Å². The van der Waals surface area contributed by atoms with Crippen molar-refractivity contribution in [1.82, 2.24) is 13.8 Å². The van der Waals surface area contributed by atoms with E-state index in [0.29, 0.717) is 31.2 Å². The Kier molecular flexibility index (Phi) is 8.24. The lowest BCUT2D eigenvalue weighted by atomic mass is 10.3. The van der Waals surface area contributed by atoms with Crippen LogP contribution < -0.4 is 4.80 Å². The molecule has 0 saturated carbocycles. The van der Waals surface area contributed by atoms with Crippen LogP contribution in [0.5, 0.6) is 0 Å². The molecular formula is C21H32N4O3S2. The topological polar surface area (TPSA) is 67.1 Å². The molecule has 0 atom stereocenters. The third-order valence-corrected chi connectivity index (χ3v) is 8.31. The summed E-state index contributed by atoms with van der Waals surface area (Å²) in [4.78, 5) is 8.44. The number of hydrogen-bond donors (Lipinski definition) is 0. The van der Waals surface area contributed by atoms with Crippen molar-refractivity contribution < 1.29 is 13.2 Å². The smallest absolute Gasteiger partial charge is 0.243 e. The summed E-state index contributed by atoms with van der Waals surface area (Å²) in [6.07, 6.45) is 1.07. The van der Waals surface area contributed by atoms with Crippen LogP contribution in [0, 0.1) is 6.92 Å². The number of nitrogens with zero attached hydrogens (tertiary/aromatic N) is 4. The molecule has 1 saturated heterocycles. The Bertz CT molecular complexity index is 970. The first-order valence-electron chi connectivity index (χ1n) is 10.6. The first-order valence-corrected chi connectivity index (χ1v) is 12.9. The van der Waals surface area contributed by atoms with Crippen molar-refractivity contribution in [3.05, 3.63) is 40.1 Å². The molecule has 0 bridgehead atoms. The van der Waals surface area contributed by atoms with Crippen LogP contribution in [0.2, 0.25) is 0 Å². The van der Waals surface area contributed by atoms with Crippen LogP contribution >= 0.6 is 11.3 Å². The van der Waals surface area contributed by atoms with Crippen molar-refractivity contribution in [2.75, 3.05) is 45.9 Å². The van der Waals surface area contributed by atoms with Gasteiger partial charge in [0.2, 0.25) is 10.0 Å². The summed E-state index contributed by atoms with van der Waals surface area (Å²) in [7, 11) is -3.48. The highest BCUT2D eigenvalue weighted by atomic mass is 32.2. The van der Waals surface area contributed by atoms with Gasteiger partial charge >= 0.3 is 0 Å². The molecule has 7 nitrogen and oxygen atoms in total. The molecule has 9 heteroatoms. The van der Waals surface area contributed by atoms with E-state index in [2.05, 4.69) is 35.6 Å². The molecule has 30 heavy (non-hydrogen) atoms. The minimum Gasteiger partial charge on any atom is -0.379 e. The van der Waals surface area contributed by atoms with Gasteiger partial charge in [0.1, 0.15) is 0 Å². The number of morpholine rings is 1. The fourth-order valence-electron chi connectivity index (χ4n) is 3.51. The molecule has 1 aliphatic heterocycles. The van der Waals surface area contributed by atoms with Crippen LogP contribution in [0.3, 0.4) is 0 Å². The van der Waals surface area contributed by atoms with Gasteiger partial charge in [0.15, 0.2) is 4.80 Å². The largest absolute Gasteiger partial charge is 0.379 e. The quantitative estimate of drug-likeness (QED) is 0.587. The number of rotatable bonds is 9. The first-order chi connectivity index (χ1) is 14.5. The van der Waals surface area contributed by atoms with Gasteiger partial charge in [-0.15, -0.1) is 11.3 Å². The molecule has 1 aromatic heterocycles. The number of hydrogen-bond acceptors (Lipinski definition) is 6. The second-order valence-electron chi connectivity index (χ2n) is 7.31. The molecule has 1 aliphatic rings. The average Bonchev–Trinajstić information content (AvgIpc) is 3.11. The monoisotopic (exact) mass is 452 g/mol. The predicted octanol–water partition coefficient (Wildman–Crippen LogP) is 2.84. The van der Waals surface area contributed by atoms with Crippen LogP contribution in [-0.2, 0) is 21.3 Å². The van der Waals surface area contributed by atoms with Crippen molar-refractivity contribution in [3.8, 4) is 0 Å². The molecule has 3 rings (SSSR count). The Morgan fingerprint density at radius 1 is 1.13 bits per heavy atom. The van der Waals surface area contributed by atoms with E-state index >= 15 is 0 Å². The zero-order valence-electron chi connectivity index (χ0n) is 18.1. The zero-order valence-corrected chi connectivity index (χ0v) is 19.7. The van der Waals surface area contributed by atoms with Crippen molar-refractivity contribution >= 4 is 27.0 Å². The van der Waals surface area contributed by atoms with Gasteiger partial charge in [0.25, 0.3) is 0 Å². The van der Waals surface area contributed by atoms with Gasteiger partial charge < -0.3 is 14.2 Å². The molecule has 0 N–H and O–H groups in total. The highest BCUT2D eigenvalue weighted by Crippen LogP contribution is 2.20. The van der Waals surface area contributed by atoms with E-state index in [1.807, 2.05) is 0 Å². The van der Waals surface area contributed by atoms with Crippen molar-refractivity contribution in [2.45, 2.75) is 38.6 Å². The average molecular weight is 453 g/mol. The van der Waals surface area contributed by atoms with Gasteiger partial charge in [-0.25, -0.2) is 13.4 Å². The Morgan fingerprint density at radius 2 is 1.80 bits per heavy atom. The molecule has 0 amide bonds. The second-order valence-corrected chi connectivity index (χ2v) is 10.1. The van der Waals surface area contributed by atoms with E-state index in [1.165, 1.54) is 10.00 Å². The summed E-state index contributed by atoms with van der Waals surface area (Å²) in [5, 5.41) is 2.12. The number of thiazole rings is 1. The summed E-state index contributed by atoms with van der Waals surface area (Å²) < 4.78 is 34.5. The SMILES string of the molecule is CCN(CC)CCCn1c(C)csc1=Nc1ccc(S(=O)(=O)N2CCOCC2)cc1. The van der Waals surface area contributed by atoms with Gasteiger partial charge in [0, 0.05) is 30.7 Å². The zero-order chi connectivity index (χ0) is 21.6. The van der Waals surface area contributed by atoms with Gasteiger partial charge in [-0.3, -0.25) is 0 Å². The van der Waals surface area contributed by atoms with E-state index in [4.69, 9.17) is 9.73 Å². The molecule has 0 radical (unpaired) electrons. The van der Waals surface area contributed by atoms with E-state index in [0.717, 1.165) is 43.1 Å². The molecule has 0 aliphatic carbocycles. The molecule has 2 heterocycles. The van der Waals surface area contributed by atoms with Crippen LogP contribution in [0.25, 0.3) is 0 Å². The summed E-state index contributed by atoms with van der Waals surface area (Å²) in [6, 6.07) is 6.86. The van der Waals surface area contributed by atoms with Gasteiger partial charge in [-0.1, -0.05) is 13.8 Å². The maximum atomic E-state index is 12.8. The van der Waals surface area contributed by atoms with E-state index in [-0.39, 0.29) is 0 Å². The lowest BCUT2D eigenvalue weighted by Crippen LogP contribution is -2.40. The molecule has 1 aromatic carbocycles. The summed E-state index contributed by atoms with van der Waals surface area (Å²) in [5.74, 6) is 0. The van der Waals surface area contributed by atoms with Gasteiger partial charge in [-0.05, 0) is 57.2 Å². The fraction of sp³-hybridized carbons (Fsp3) is 0.571. The lowest BCUT2D eigenvalue weighted by molar-refractivity contribution is 0.0730. The minimum atomic E-state index is -3.48. The predicted molar refractivity (Wildman–Crippen MR) is 121 cm³/mol. The highest BCUT2D eigenvalue weighted by molar-refractivity contribution is 7.89. The maximum absolute atomic E-state index is 12.8. The van der Waals surface area contributed by atoms with Gasteiger partial charge in [-0.2, -0.15) is 4.31 Å². The first kappa shape index (κ1) is 23.1. The fourth-order valence-corrected chi connectivity index (χ4v) is 5.84. The number of ether oxygens (including phenoxy) is 1. The number of aryl methyl sites for hydroxylation is 1. The number of sulfonamides is 1. The Morgan fingerprint density at radius 3 is 2.43 bits per heavy atom. The molecule has 1 fully saturated rings. The third kappa shape index (κ3) is 5.59. The van der Waals surface area contributed by atoms with Crippen LogP contribution in [-0.4, -0.2) is 68.1 Å². The van der Waals surface area contributed by atoms with Crippen molar-refractivity contribution in [1.29, 1.82) is 0 Å². The van der Waals surface area contributed by atoms with Crippen molar-refractivity contribution in [3.63, 3.8) is 0 Å². The lowest BCUT2D eigenvalue weighted by Gasteiger charge is -2.26. The second kappa shape index (κ2) is 10.7. The Balaban J connectivity index is 1.74. The maximum Gasteiger partial charge on any atom is 0.243 e. The van der Waals surface area contributed by atoms with Crippen LogP contribution in [0.4, 0.5) is 5.69 Å². The van der Waals surface area contributed by atoms with E-state index in [9.17, 15) is 8.42 Å². The third-order valence-electron chi connectivity index (χ3n) is 5.41. The molecular weight excluding hydrogens is 420 g/mol. The molecule has 2 aromatic rings. The molecule has 166 valence electrons. The summed E-state index contributed by atoms with van der Waals surface area (Å²) >= 11 is 1.62. The van der Waals surface area contributed by atoms with Crippen molar-refractivity contribution in [2.24, 2.45) is 4.99 Å². The normalized spacial score (nSPS) is 16.5. The molecule has 0 unspecified atom stereocenters. The van der Waals surface area contributed by atoms with E-state index < -0.39 is 10.0 Å². The molecule has 0 spiro atoms. The number of benzene rings is 1. The number of aromatic nitrogens is 1. The Hall–Kier alpha value is -1.52. The summed E-state index contributed by atoms with van der Waals surface area (Å²) in [5.41, 5.74) is 1.96. The standard InChI is InChI=1S/C21H32N4O3S2/c1-4-23(5-2)11-6-12-25-18(3)17-29-21(25)22-19-7-9-20(10-8-19)30(26,27)24-13-15-28-16-14-24/h7-10,17H,4-6,11-16H2,1-3H3. The summed E-state index contributed by atoms with van der Waals surface area (Å²) in [6.45, 7) is 12.3. The van der Waals surface area contributed by atoms with Gasteiger partial charge in [0.05, 0.1) is 23.8 Å². The van der Waals surface area contributed by atoms with Crippen LogP contribution in [0.1, 0.15) is 26.0 Å². The Labute approximate surface area is 183 Å². The highest BCUT2D eigenvalue weighted by Gasteiger charge is 2.26. The minimum absolute atomic E-state index is 0.304. The van der Waals surface area contributed by atoms with E-state index in [1.54, 1.807) is 35.6 Å².